The number of carbonyl (C=O) groups is 1. The van der Waals surface area contributed by atoms with E-state index in [-0.39, 0.29) is 0 Å². The summed E-state index contributed by atoms with van der Waals surface area (Å²) in [4.78, 5) is 13.5. The molecule has 1 unspecified atom stereocenters. The first-order chi connectivity index (χ1) is 16.7. The van der Waals surface area contributed by atoms with Crippen molar-refractivity contribution in [2.75, 3.05) is 32.8 Å². The van der Waals surface area contributed by atoms with E-state index in [4.69, 9.17) is 9.47 Å². The van der Waals surface area contributed by atoms with E-state index in [2.05, 4.69) is 10.2 Å². The van der Waals surface area contributed by atoms with Crippen LogP contribution in [-0.2, 0) is 28.7 Å². The molecular formula is C26H31F3N2O4. The minimum absolute atomic E-state index is 0.311. The van der Waals surface area contributed by atoms with Crippen molar-refractivity contribution in [1.82, 2.24) is 10.2 Å². The van der Waals surface area contributed by atoms with Gasteiger partial charge in [-0.2, -0.15) is 13.2 Å². The number of carboxylic acid groups (broad SMARTS) is 1. The molecule has 0 bridgehead atoms. The number of hydrogen-bond acceptors (Lipinski definition) is 5. The zero-order valence-electron chi connectivity index (χ0n) is 19.6. The summed E-state index contributed by atoms with van der Waals surface area (Å²) < 4.78 is 49.2. The minimum Gasteiger partial charge on any atom is -0.492 e. The van der Waals surface area contributed by atoms with Gasteiger partial charge in [-0.05, 0) is 54.2 Å². The number of nitrogens with one attached hydrogen (secondary N) is 1. The summed E-state index contributed by atoms with van der Waals surface area (Å²) in [5.74, 6) is 0.927. The van der Waals surface area contributed by atoms with Gasteiger partial charge in [-0.15, -0.1) is 0 Å². The number of rotatable bonds is 12. The van der Waals surface area contributed by atoms with Gasteiger partial charge in [0.25, 0.3) is 0 Å². The van der Waals surface area contributed by atoms with Crippen LogP contribution in [0, 0.1) is 11.8 Å². The first-order valence-corrected chi connectivity index (χ1v) is 11.9. The highest BCUT2D eigenvalue weighted by atomic mass is 19.4. The smallest absolute Gasteiger partial charge is 0.416 e. The van der Waals surface area contributed by atoms with Gasteiger partial charge < -0.3 is 19.9 Å². The topological polar surface area (TPSA) is 71.0 Å². The van der Waals surface area contributed by atoms with Crippen molar-refractivity contribution in [2.24, 2.45) is 11.8 Å². The number of piperidine rings is 1. The van der Waals surface area contributed by atoms with E-state index in [0.29, 0.717) is 44.1 Å². The molecule has 0 spiro atoms. The highest BCUT2D eigenvalue weighted by Gasteiger charge is 2.55. The van der Waals surface area contributed by atoms with Gasteiger partial charge in [-0.3, -0.25) is 4.90 Å². The van der Waals surface area contributed by atoms with Crippen LogP contribution in [0.15, 0.2) is 48.5 Å². The summed E-state index contributed by atoms with van der Waals surface area (Å²) in [6.45, 7) is 5.95. The Kier molecular flexibility index (Phi) is 7.98. The number of likely N-dealkylation sites (tertiary alicyclic amines) is 1. The Morgan fingerprint density at radius 1 is 1.09 bits per heavy atom. The molecule has 190 valence electrons. The molecule has 4 rings (SSSR count). The second-order valence-electron chi connectivity index (χ2n) is 9.18. The number of carboxylic acids is 1. The first kappa shape index (κ1) is 25.5. The lowest BCUT2D eigenvalue weighted by Crippen LogP contribution is -2.33. The normalized spacial score (nSPS) is 22.6. The summed E-state index contributed by atoms with van der Waals surface area (Å²) in [7, 11) is 0. The average Bonchev–Trinajstić information content (AvgIpc) is 3.27. The lowest BCUT2D eigenvalue weighted by molar-refractivity contribution is -0.150. The van der Waals surface area contributed by atoms with Crippen molar-refractivity contribution in [3.8, 4) is 5.75 Å². The summed E-state index contributed by atoms with van der Waals surface area (Å²) >= 11 is 0. The molecule has 2 N–H and O–H groups in total. The van der Waals surface area contributed by atoms with Crippen molar-refractivity contribution >= 4 is 5.97 Å². The van der Waals surface area contributed by atoms with Crippen LogP contribution in [0.25, 0.3) is 0 Å². The summed E-state index contributed by atoms with van der Waals surface area (Å²) in [6.07, 6.45) is -4.83. The van der Waals surface area contributed by atoms with Gasteiger partial charge in [0.2, 0.25) is 0 Å². The fourth-order valence-corrected chi connectivity index (χ4v) is 4.85. The molecule has 0 radical (unpaired) electrons. The van der Waals surface area contributed by atoms with Crippen molar-refractivity contribution in [2.45, 2.75) is 38.2 Å². The number of benzene rings is 2. The van der Waals surface area contributed by atoms with Crippen molar-refractivity contribution in [3.05, 3.63) is 65.2 Å². The maximum atomic E-state index is 12.7. The summed E-state index contributed by atoms with van der Waals surface area (Å²) in [5.41, 5.74) is 1.17. The van der Waals surface area contributed by atoms with E-state index in [0.717, 1.165) is 48.6 Å². The third-order valence-electron chi connectivity index (χ3n) is 6.70. The first-order valence-electron chi connectivity index (χ1n) is 11.9. The number of ether oxygens (including phenoxy) is 2. The fourth-order valence-electron chi connectivity index (χ4n) is 4.85. The second kappa shape index (κ2) is 11.0. The largest absolute Gasteiger partial charge is 0.492 e. The van der Waals surface area contributed by atoms with Gasteiger partial charge in [-0.25, -0.2) is 4.79 Å². The zero-order valence-corrected chi connectivity index (χ0v) is 19.6. The third-order valence-corrected chi connectivity index (χ3v) is 6.70. The maximum absolute atomic E-state index is 12.7. The van der Waals surface area contributed by atoms with Crippen LogP contribution in [-0.4, -0.2) is 61.0 Å². The van der Waals surface area contributed by atoms with E-state index < -0.39 is 23.8 Å². The van der Waals surface area contributed by atoms with Crippen LogP contribution in [0.3, 0.4) is 0 Å². The highest BCUT2D eigenvalue weighted by molar-refractivity contribution is 5.72. The van der Waals surface area contributed by atoms with Crippen LogP contribution < -0.4 is 10.1 Å². The number of halogens is 3. The standard InChI is InChI=1S/C26H31F3N2O4/c1-2-34-23(25(32)33)13-17-5-9-20(10-6-17)35-12-11-30-24-21-15-31(16-22(21)24)14-18-3-7-19(8-4-18)26(27,28)29/h3-10,21-24,30H,2,11-16H2,1H3,(H,32,33)/t21-,22+,23-,24?/m0/s1. The molecule has 2 fully saturated rings. The SMILES string of the molecule is CCO[C@@H](Cc1ccc(OCCNC2[C@H]3CN(Cc4ccc(C(F)(F)F)cc4)C[C@@H]23)cc1)C(=O)O. The van der Waals surface area contributed by atoms with Gasteiger partial charge >= 0.3 is 12.1 Å². The van der Waals surface area contributed by atoms with Crippen molar-refractivity contribution in [1.29, 1.82) is 0 Å². The highest BCUT2D eigenvalue weighted by Crippen LogP contribution is 2.45. The fraction of sp³-hybridized carbons (Fsp3) is 0.500. The molecule has 1 saturated carbocycles. The van der Waals surface area contributed by atoms with Gasteiger partial charge in [-0.1, -0.05) is 24.3 Å². The van der Waals surface area contributed by atoms with Gasteiger partial charge in [0.05, 0.1) is 5.56 Å². The third kappa shape index (κ3) is 6.74. The maximum Gasteiger partial charge on any atom is 0.416 e. The lowest BCUT2D eigenvalue weighted by Gasteiger charge is -2.20. The number of hydrogen-bond donors (Lipinski definition) is 2. The number of aliphatic carboxylic acids is 1. The van der Waals surface area contributed by atoms with E-state index in [1.165, 1.54) is 0 Å². The zero-order chi connectivity index (χ0) is 25.0. The predicted octanol–water partition coefficient (Wildman–Crippen LogP) is 3.84. The second-order valence-corrected chi connectivity index (χ2v) is 9.18. The molecule has 1 saturated heterocycles. The van der Waals surface area contributed by atoms with Crippen LogP contribution in [0.2, 0.25) is 0 Å². The number of fused-ring (bicyclic) bond motifs is 1. The van der Waals surface area contributed by atoms with Crippen LogP contribution >= 0.6 is 0 Å². The lowest BCUT2D eigenvalue weighted by atomic mass is 10.1. The van der Waals surface area contributed by atoms with E-state index in [9.17, 15) is 23.1 Å². The van der Waals surface area contributed by atoms with E-state index in [1.54, 1.807) is 19.1 Å². The molecule has 4 atom stereocenters. The van der Waals surface area contributed by atoms with E-state index >= 15 is 0 Å². The molecule has 2 aliphatic rings. The Labute approximate surface area is 203 Å². The molecule has 2 aromatic carbocycles. The summed E-state index contributed by atoms with van der Waals surface area (Å²) in [6, 6.07) is 13.3. The summed E-state index contributed by atoms with van der Waals surface area (Å²) in [5, 5.41) is 12.7. The van der Waals surface area contributed by atoms with Crippen LogP contribution in [0.1, 0.15) is 23.6 Å². The van der Waals surface area contributed by atoms with E-state index in [1.807, 2.05) is 24.3 Å². The molecular weight excluding hydrogens is 461 g/mol. The van der Waals surface area contributed by atoms with Crippen molar-refractivity contribution < 1.29 is 32.5 Å². The van der Waals surface area contributed by atoms with Gasteiger partial charge in [0.15, 0.2) is 6.10 Å². The Morgan fingerprint density at radius 2 is 1.71 bits per heavy atom. The van der Waals surface area contributed by atoms with Crippen molar-refractivity contribution in [3.63, 3.8) is 0 Å². The molecule has 1 aliphatic carbocycles. The van der Waals surface area contributed by atoms with Crippen LogP contribution in [0.4, 0.5) is 13.2 Å². The minimum atomic E-state index is -4.30. The molecule has 9 heteroatoms. The Bertz CT molecular complexity index is 970. The molecule has 1 aliphatic heterocycles. The quantitative estimate of drug-likeness (QED) is 0.439. The molecule has 0 amide bonds. The number of nitrogens with zero attached hydrogens (tertiary/aromatic N) is 1. The predicted molar refractivity (Wildman–Crippen MR) is 124 cm³/mol. The molecule has 1 heterocycles. The Balaban J connectivity index is 1.12. The molecule has 6 nitrogen and oxygen atoms in total. The Hall–Kier alpha value is -2.62. The monoisotopic (exact) mass is 492 g/mol. The number of alkyl halides is 3. The van der Waals surface area contributed by atoms with Gasteiger partial charge in [0.1, 0.15) is 12.4 Å². The Morgan fingerprint density at radius 3 is 2.29 bits per heavy atom. The molecule has 0 aromatic heterocycles. The van der Waals surface area contributed by atoms with Gasteiger partial charge in [0, 0.05) is 45.2 Å². The molecule has 35 heavy (non-hydrogen) atoms. The molecule has 2 aromatic rings. The van der Waals surface area contributed by atoms with Crippen LogP contribution in [0.5, 0.6) is 5.75 Å². The average molecular weight is 493 g/mol.